The van der Waals surface area contributed by atoms with E-state index in [0.29, 0.717) is 60.1 Å². The molecule has 1 fully saturated rings. The molecular formula is C25H27NO8. The number of likely N-dealkylation sites (tertiary alicyclic amines) is 1. The van der Waals surface area contributed by atoms with Crippen LogP contribution in [-0.2, 0) is 4.74 Å². The van der Waals surface area contributed by atoms with E-state index in [9.17, 15) is 14.4 Å². The fraction of sp³-hybridized carbons (Fsp3) is 0.400. The van der Waals surface area contributed by atoms with Crippen molar-refractivity contribution in [2.45, 2.75) is 31.8 Å². The van der Waals surface area contributed by atoms with Crippen LogP contribution in [-0.4, -0.2) is 62.3 Å². The molecule has 9 nitrogen and oxygen atoms in total. The number of methoxy groups -OCH3 is 2. The largest absolute Gasteiger partial charge is 0.513 e. The van der Waals surface area contributed by atoms with E-state index in [1.165, 1.54) is 14.2 Å². The Bertz CT molecular complexity index is 1090. The predicted molar refractivity (Wildman–Crippen MR) is 121 cm³/mol. The number of amides is 1. The smallest absolute Gasteiger partial charge is 0.493 e. The quantitative estimate of drug-likeness (QED) is 0.480. The van der Waals surface area contributed by atoms with Crippen LogP contribution in [0.4, 0.5) is 4.79 Å². The molecule has 34 heavy (non-hydrogen) atoms. The summed E-state index contributed by atoms with van der Waals surface area (Å²) >= 11 is 0. The van der Waals surface area contributed by atoms with Crippen molar-refractivity contribution in [2.75, 3.05) is 33.9 Å². The molecule has 2 aromatic rings. The van der Waals surface area contributed by atoms with Crippen LogP contribution in [0.1, 0.15) is 46.9 Å². The lowest BCUT2D eigenvalue weighted by Crippen LogP contribution is -2.52. The Labute approximate surface area is 197 Å². The van der Waals surface area contributed by atoms with Gasteiger partial charge < -0.3 is 28.6 Å². The van der Waals surface area contributed by atoms with E-state index in [2.05, 4.69) is 0 Å². The van der Waals surface area contributed by atoms with Crippen LogP contribution in [0.2, 0.25) is 0 Å². The van der Waals surface area contributed by atoms with Gasteiger partial charge in [0, 0.05) is 31.5 Å². The summed E-state index contributed by atoms with van der Waals surface area (Å²) in [5, 5.41) is 0. The van der Waals surface area contributed by atoms with E-state index in [0.717, 1.165) is 0 Å². The summed E-state index contributed by atoms with van der Waals surface area (Å²) in [5.41, 5.74) is 0.258. The van der Waals surface area contributed by atoms with Gasteiger partial charge in [0.2, 0.25) is 5.75 Å². The minimum atomic E-state index is -0.791. The number of ether oxygens (including phenoxy) is 5. The Morgan fingerprint density at radius 1 is 1.03 bits per heavy atom. The van der Waals surface area contributed by atoms with Gasteiger partial charge >= 0.3 is 6.16 Å². The molecule has 0 aliphatic carbocycles. The minimum absolute atomic E-state index is 0.0147. The van der Waals surface area contributed by atoms with Crippen molar-refractivity contribution in [3.8, 4) is 23.0 Å². The van der Waals surface area contributed by atoms with Crippen LogP contribution in [0.5, 0.6) is 23.0 Å². The molecule has 180 valence electrons. The zero-order chi connectivity index (χ0) is 24.3. The standard InChI is InChI=1S/C25H27NO8/c1-4-32-24(29)33-17-7-5-16(6-8-17)23(28)26-13-11-25(12-14-26)15-19(27)18-9-10-20(30-2)22(31-3)21(18)34-25/h5-10H,4,11-15H2,1-3H3. The summed E-state index contributed by atoms with van der Waals surface area (Å²) in [4.78, 5) is 39.1. The van der Waals surface area contributed by atoms with Crippen molar-refractivity contribution in [1.82, 2.24) is 4.90 Å². The summed E-state index contributed by atoms with van der Waals surface area (Å²) in [6, 6.07) is 9.70. The molecule has 4 rings (SSSR count). The minimum Gasteiger partial charge on any atom is -0.493 e. The normalized spacial score (nSPS) is 16.3. The first-order valence-electron chi connectivity index (χ1n) is 11.1. The first-order valence-corrected chi connectivity index (χ1v) is 11.1. The lowest BCUT2D eigenvalue weighted by molar-refractivity contribution is -0.00746. The highest BCUT2D eigenvalue weighted by Crippen LogP contribution is 2.47. The van der Waals surface area contributed by atoms with E-state index >= 15 is 0 Å². The molecule has 1 amide bonds. The third kappa shape index (κ3) is 4.50. The summed E-state index contributed by atoms with van der Waals surface area (Å²) in [5.74, 6) is 1.43. The maximum Gasteiger partial charge on any atom is 0.513 e. The first-order chi connectivity index (χ1) is 16.4. The molecule has 0 aromatic heterocycles. The van der Waals surface area contributed by atoms with Gasteiger partial charge in [0.15, 0.2) is 17.3 Å². The van der Waals surface area contributed by atoms with Crippen LogP contribution in [0.15, 0.2) is 36.4 Å². The molecule has 0 bridgehead atoms. The Kier molecular flexibility index (Phi) is 6.63. The molecule has 2 aromatic carbocycles. The van der Waals surface area contributed by atoms with Gasteiger partial charge in [-0.3, -0.25) is 9.59 Å². The zero-order valence-corrected chi connectivity index (χ0v) is 19.4. The average Bonchev–Trinajstić information content (AvgIpc) is 2.84. The number of piperidine rings is 1. The second kappa shape index (κ2) is 9.62. The molecule has 0 radical (unpaired) electrons. The van der Waals surface area contributed by atoms with E-state index < -0.39 is 11.8 Å². The Morgan fingerprint density at radius 2 is 1.74 bits per heavy atom. The SMILES string of the molecule is CCOC(=O)Oc1ccc(C(=O)N2CCC3(CC2)CC(=O)c2ccc(OC)c(OC)c2O3)cc1. The van der Waals surface area contributed by atoms with Gasteiger partial charge in [-0.1, -0.05) is 0 Å². The van der Waals surface area contributed by atoms with Crippen LogP contribution in [0.25, 0.3) is 0 Å². The van der Waals surface area contributed by atoms with Crippen molar-refractivity contribution >= 4 is 17.8 Å². The van der Waals surface area contributed by atoms with Gasteiger partial charge in [0.05, 0.1) is 32.8 Å². The van der Waals surface area contributed by atoms with Crippen LogP contribution in [0, 0.1) is 0 Å². The molecule has 0 N–H and O–H groups in total. The molecule has 0 unspecified atom stereocenters. The number of hydrogen-bond acceptors (Lipinski definition) is 8. The fourth-order valence-electron chi connectivity index (χ4n) is 4.35. The Hall–Kier alpha value is -3.75. The van der Waals surface area contributed by atoms with Crippen molar-refractivity contribution in [3.63, 3.8) is 0 Å². The van der Waals surface area contributed by atoms with Crippen molar-refractivity contribution in [2.24, 2.45) is 0 Å². The van der Waals surface area contributed by atoms with Crippen molar-refractivity contribution < 1.29 is 38.1 Å². The average molecular weight is 469 g/mol. The molecule has 0 saturated carbocycles. The first kappa shape index (κ1) is 23.4. The highest BCUT2D eigenvalue weighted by Gasteiger charge is 2.45. The van der Waals surface area contributed by atoms with Gasteiger partial charge in [0.1, 0.15) is 11.4 Å². The molecule has 9 heteroatoms. The highest BCUT2D eigenvalue weighted by molar-refractivity contribution is 6.01. The number of carbonyl (C=O) groups is 3. The van der Waals surface area contributed by atoms with Gasteiger partial charge in [-0.25, -0.2) is 4.79 Å². The van der Waals surface area contributed by atoms with Crippen LogP contribution >= 0.6 is 0 Å². The highest BCUT2D eigenvalue weighted by atomic mass is 16.7. The molecular weight excluding hydrogens is 442 g/mol. The molecule has 2 aliphatic rings. The third-order valence-electron chi connectivity index (χ3n) is 6.13. The maximum atomic E-state index is 13.0. The predicted octanol–water partition coefficient (Wildman–Crippen LogP) is 3.88. The van der Waals surface area contributed by atoms with E-state index in [4.69, 9.17) is 23.7 Å². The van der Waals surface area contributed by atoms with Gasteiger partial charge in [-0.15, -0.1) is 0 Å². The van der Waals surface area contributed by atoms with Crippen molar-refractivity contribution in [3.05, 3.63) is 47.5 Å². The maximum absolute atomic E-state index is 13.0. The van der Waals surface area contributed by atoms with Gasteiger partial charge in [-0.2, -0.15) is 0 Å². The number of fused-ring (bicyclic) bond motifs is 1. The van der Waals surface area contributed by atoms with Gasteiger partial charge in [0.25, 0.3) is 5.91 Å². The molecule has 1 saturated heterocycles. The number of benzene rings is 2. The van der Waals surface area contributed by atoms with E-state index in [1.807, 2.05) is 0 Å². The molecule has 2 aliphatic heterocycles. The number of ketones is 1. The lowest BCUT2D eigenvalue weighted by Gasteiger charge is -2.44. The third-order valence-corrected chi connectivity index (χ3v) is 6.13. The number of Topliss-reactive ketones (excluding diaryl/α,β-unsaturated/α-hetero) is 1. The zero-order valence-electron chi connectivity index (χ0n) is 19.4. The molecule has 2 heterocycles. The summed E-state index contributed by atoms with van der Waals surface area (Å²) < 4.78 is 27.0. The lowest BCUT2D eigenvalue weighted by atomic mass is 9.82. The fourth-order valence-corrected chi connectivity index (χ4v) is 4.35. The second-order valence-electron chi connectivity index (χ2n) is 8.16. The van der Waals surface area contributed by atoms with E-state index in [-0.39, 0.29) is 24.7 Å². The number of carbonyl (C=O) groups excluding carboxylic acids is 3. The summed E-state index contributed by atoms with van der Waals surface area (Å²) in [6.07, 6.45) is 0.473. The van der Waals surface area contributed by atoms with E-state index in [1.54, 1.807) is 48.2 Å². The van der Waals surface area contributed by atoms with Crippen LogP contribution in [0.3, 0.4) is 0 Å². The van der Waals surface area contributed by atoms with Crippen molar-refractivity contribution in [1.29, 1.82) is 0 Å². The number of rotatable bonds is 5. The molecule has 1 spiro atoms. The number of hydrogen-bond donors (Lipinski definition) is 0. The molecule has 0 atom stereocenters. The summed E-state index contributed by atoms with van der Waals surface area (Å²) in [6.45, 7) is 2.78. The monoisotopic (exact) mass is 469 g/mol. The number of nitrogens with zero attached hydrogens (tertiary/aromatic N) is 1. The Morgan fingerprint density at radius 3 is 2.35 bits per heavy atom. The van der Waals surface area contributed by atoms with Gasteiger partial charge in [-0.05, 0) is 43.3 Å². The Balaban J connectivity index is 1.44. The summed E-state index contributed by atoms with van der Waals surface area (Å²) in [7, 11) is 3.04. The topological polar surface area (TPSA) is 101 Å². The van der Waals surface area contributed by atoms with Crippen LogP contribution < -0.4 is 18.9 Å². The second-order valence-corrected chi connectivity index (χ2v) is 8.16.